The predicted molar refractivity (Wildman–Crippen MR) is 33.6 cm³/mol. The Labute approximate surface area is 49.6 Å². The number of hydrogen-bond donors (Lipinski definition) is 1. The van der Waals surface area contributed by atoms with Crippen LogP contribution in [-0.2, 0) is 0 Å². The summed E-state index contributed by atoms with van der Waals surface area (Å²) in [5.41, 5.74) is 0.946. The molecular formula is C5H12N2O. The molecule has 3 heteroatoms. The molecule has 0 amide bonds. The molecule has 0 unspecified atom stereocenters. The van der Waals surface area contributed by atoms with E-state index in [0.717, 1.165) is 5.71 Å². The lowest BCUT2D eigenvalue weighted by atomic mass is 10.5. The topological polar surface area (TPSA) is 35.8 Å². The highest BCUT2D eigenvalue weighted by Crippen LogP contribution is 1.80. The Bertz CT molecular complexity index is 86.4. The van der Waals surface area contributed by atoms with Crippen LogP contribution in [0.25, 0.3) is 0 Å². The molecule has 0 aliphatic rings. The van der Waals surface area contributed by atoms with E-state index < -0.39 is 0 Å². The van der Waals surface area contributed by atoms with Crippen LogP contribution in [0.2, 0.25) is 0 Å². The Kier molecular flexibility index (Phi) is 3.19. The SMILES string of the molecule is CC(C)=NN(C)CO. The first-order chi connectivity index (χ1) is 3.66. The molecule has 0 heterocycles. The van der Waals surface area contributed by atoms with Crippen molar-refractivity contribution in [3.63, 3.8) is 0 Å². The zero-order chi connectivity index (χ0) is 6.57. The van der Waals surface area contributed by atoms with E-state index in [1.54, 1.807) is 7.05 Å². The molecule has 0 aromatic carbocycles. The number of aliphatic hydroxyl groups is 1. The molecule has 0 radical (unpaired) electrons. The minimum atomic E-state index is -0.0226. The molecule has 8 heavy (non-hydrogen) atoms. The van der Waals surface area contributed by atoms with Gasteiger partial charge in [-0.15, -0.1) is 0 Å². The first-order valence-corrected chi connectivity index (χ1v) is 2.50. The second kappa shape index (κ2) is 3.43. The molecule has 0 saturated heterocycles. The quantitative estimate of drug-likeness (QED) is 0.319. The molecule has 0 atom stereocenters. The van der Waals surface area contributed by atoms with Gasteiger partial charge in [-0.25, -0.2) is 0 Å². The van der Waals surface area contributed by atoms with Crippen LogP contribution in [0, 0.1) is 0 Å². The number of hydrazone groups is 1. The van der Waals surface area contributed by atoms with Crippen LogP contribution in [0.3, 0.4) is 0 Å². The predicted octanol–water partition coefficient (Wildman–Crippen LogP) is 0.264. The second-order valence-electron chi connectivity index (χ2n) is 1.85. The molecule has 0 fully saturated rings. The lowest BCUT2D eigenvalue weighted by Crippen LogP contribution is -2.12. The summed E-state index contributed by atoms with van der Waals surface area (Å²) in [6.45, 7) is 3.74. The van der Waals surface area contributed by atoms with E-state index in [1.165, 1.54) is 5.01 Å². The van der Waals surface area contributed by atoms with Crippen molar-refractivity contribution in [2.75, 3.05) is 13.8 Å². The average Bonchev–Trinajstić information content (AvgIpc) is 1.65. The fraction of sp³-hybridized carbons (Fsp3) is 0.800. The molecule has 0 aliphatic carbocycles. The van der Waals surface area contributed by atoms with Crippen LogP contribution in [0.5, 0.6) is 0 Å². The summed E-state index contributed by atoms with van der Waals surface area (Å²) in [5, 5.41) is 13.8. The third-order valence-corrected chi connectivity index (χ3v) is 0.575. The van der Waals surface area contributed by atoms with Crippen molar-refractivity contribution >= 4 is 5.71 Å². The summed E-state index contributed by atoms with van der Waals surface area (Å²) >= 11 is 0. The molecule has 0 bridgehead atoms. The molecule has 0 rings (SSSR count). The Morgan fingerprint density at radius 1 is 1.62 bits per heavy atom. The van der Waals surface area contributed by atoms with Crippen molar-refractivity contribution in [2.24, 2.45) is 5.10 Å². The van der Waals surface area contributed by atoms with Gasteiger partial charge in [0, 0.05) is 12.8 Å². The van der Waals surface area contributed by atoms with E-state index in [2.05, 4.69) is 5.10 Å². The van der Waals surface area contributed by atoms with Crippen molar-refractivity contribution < 1.29 is 5.11 Å². The van der Waals surface area contributed by atoms with Crippen LogP contribution in [0.4, 0.5) is 0 Å². The third-order valence-electron chi connectivity index (χ3n) is 0.575. The molecule has 48 valence electrons. The highest BCUT2D eigenvalue weighted by atomic mass is 16.3. The number of nitrogens with zero attached hydrogens (tertiary/aromatic N) is 2. The van der Waals surface area contributed by atoms with E-state index in [4.69, 9.17) is 5.11 Å². The molecule has 0 aromatic heterocycles. The molecule has 0 aliphatic heterocycles. The zero-order valence-corrected chi connectivity index (χ0v) is 5.55. The van der Waals surface area contributed by atoms with Gasteiger partial charge in [0.2, 0.25) is 0 Å². The van der Waals surface area contributed by atoms with Crippen molar-refractivity contribution in [1.29, 1.82) is 0 Å². The molecule has 0 spiro atoms. The van der Waals surface area contributed by atoms with Gasteiger partial charge >= 0.3 is 0 Å². The van der Waals surface area contributed by atoms with E-state index in [9.17, 15) is 0 Å². The molecule has 1 N–H and O–H groups in total. The summed E-state index contributed by atoms with van der Waals surface area (Å²) < 4.78 is 0. The fourth-order valence-corrected chi connectivity index (χ4v) is 0.373. The Balaban J connectivity index is 3.51. The minimum Gasteiger partial charge on any atom is -0.375 e. The maximum absolute atomic E-state index is 8.40. The van der Waals surface area contributed by atoms with Gasteiger partial charge in [0.25, 0.3) is 0 Å². The van der Waals surface area contributed by atoms with Gasteiger partial charge in [0.15, 0.2) is 0 Å². The van der Waals surface area contributed by atoms with Gasteiger partial charge in [-0.2, -0.15) is 5.10 Å². The summed E-state index contributed by atoms with van der Waals surface area (Å²) in [6.07, 6.45) is 0. The number of hydrogen-bond acceptors (Lipinski definition) is 3. The number of aliphatic hydroxyl groups excluding tert-OH is 1. The largest absolute Gasteiger partial charge is 0.375 e. The van der Waals surface area contributed by atoms with Crippen molar-refractivity contribution in [3.05, 3.63) is 0 Å². The maximum Gasteiger partial charge on any atom is 0.131 e. The van der Waals surface area contributed by atoms with Gasteiger partial charge in [0.05, 0.1) is 0 Å². The maximum atomic E-state index is 8.40. The van der Waals surface area contributed by atoms with E-state index in [-0.39, 0.29) is 6.73 Å². The van der Waals surface area contributed by atoms with E-state index in [1.807, 2.05) is 13.8 Å². The molecule has 3 nitrogen and oxygen atoms in total. The summed E-state index contributed by atoms with van der Waals surface area (Å²) in [6, 6.07) is 0. The minimum absolute atomic E-state index is 0.0226. The third kappa shape index (κ3) is 3.61. The van der Waals surface area contributed by atoms with Gasteiger partial charge in [-0.1, -0.05) is 0 Å². The smallest absolute Gasteiger partial charge is 0.131 e. The highest BCUT2D eigenvalue weighted by molar-refractivity contribution is 5.78. The normalized spacial score (nSPS) is 8.50. The van der Waals surface area contributed by atoms with Crippen LogP contribution in [-0.4, -0.2) is 29.6 Å². The Morgan fingerprint density at radius 3 is 2.25 bits per heavy atom. The lowest BCUT2D eigenvalue weighted by molar-refractivity contribution is 0.137. The van der Waals surface area contributed by atoms with Gasteiger partial charge in [-0.05, 0) is 13.8 Å². The Hall–Kier alpha value is -0.570. The van der Waals surface area contributed by atoms with Gasteiger partial charge in [0.1, 0.15) is 6.73 Å². The summed E-state index contributed by atoms with van der Waals surface area (Å²) in [4.78, 5) is 0. The van der Waals surface area contributed by atoms with Crippen molar-refractivity contribution in [2.45, 2.75) is 13.8 Å². The van der Waals surface area contributed by atoms with Crippen molar-refractivity contribution in [1.82, 2.24) is 5.01 Å². The average molecular weight is 116 g/mol. The summed E-state index contributed by atoms with van der Waals surface area (Å²) in [5.74, 6) is 0. The molecular weight excluding hydrogens is 104 g/mol. The standard InChI is InChI=1S/C5H12N2O/c1-5(2)6-7(3)4-8/h8H,4H2,1-3H3. The lowest BCUT2D eigenvalue weighted by Gasteiger charge is -2.07. The monoisotopic (exact) mass is 116 g/mol. The van der Waals surface area contributed by atoms with Crippen LogP contribution in [0.1, 0.15) is 13.8 Å². The molecule has 0 saturated carbocycles. The summed E-state index contributed by atoms with van der Waals surface area (Å²) in [7, 11) is 1.72. The zero-order valence-electron chi connectivity index (χ0n) is 5.55. The van der Waals surface area contributed by atoms with E-state index in [0.29, 0.717) is 0 Å². The first-order valence-electron chi connectivity index (χ1n) is 2.50. The fourth-order valence-electron chi connectivity index (χ4n) is 0.373. The molecule has 0 aromatic rings. The van der Waals surface area contributed by atoms with Gasteiger partial charge in [-0.3, -0.25) is 5.01 Å². The first kappa shape index (κ1) is 7.43. The van der Waals surface area contributed by atoms with Crippen LogP contribution in [0.15, 0.2) is 5.10 Å². The van der Waals surface area contributed by atoms with Gasteiger partial charge < -0.3 is 5.11 Å². The van der Waals surface area contributed by atoms with E-state index >= 15 is 0 Å². The Morgan fingerprint density at radius 2 is 2.12 bits per heavy atom. The van der Waals surface area contributed by atoms with Crippen molar-refractivity contribution in [3.8, 4) is 0 Å². The van der Waals surface area contributed by atoms with Crippen LogP contribution >= 0.6 is 0 Å². The highest BCUT2D eigenvalue weighted by Gasteiger charge is 1.84. The number of rotatable bonds is 2. The second-order valence-corrected chi connectivity index (χ2v) is 1.85. The van der Waals surface area contributed by atoms with Crippen LogP contribution < -0.4 is 0 Å².